The van der Waals surface area contributed by atoms with Gasteiger partial charge >= 0.3 is 5.97 Å². The topological polar surface area (TPSA) is 116 Å². The Morgan fingerprint density at radius 3 is 2.20 bits per heavy atom. The third-order valence-corrected chi connectivity index (χ3v) is 7.52. The van der Waals surface area contributed by atoms with Crippen LogP contribution in [0.25, 0.3) is 0 Å². The molecule has 0 saturated heterocycles. The predicted octanol–water partition coefficient (Wildman–Crippen LogP) is 4.69. The number of amides is 1. The van der Waals surface area contributed by atoms with Crippen molar-refractivity contribution < 1.29 is 23.1 Å². The summed E-state index contributed by atoms with van der Waals surface area (Å²) < 4.78 is 27.6. The van der Waals surface area contributed by atoms with Crippen molar-refractivity contribution in [3.63, 3.8) is 0 Å². The lowest BCUT2D eigenvalue weighted by molar-refractivity contribution is -0.121. The van der Waals surface area contributed by atoms with Crippen LogP contribution in [-0.4, -0.2) is 42.5 Å². The monoisotopic (exact) mass is 553 g/mol. The molecule has 0 bridgehead atoms. The van der Waals surface area contributed by atoms with Crippen LogP contribution in [0.3, 0.4) is 0 Å². The van der Waals surface area contributed by atoms with Gasteiger partial charge in [0.15, 0.2) is 0 Å². The van der Waals surface area contributed by atoms with E-state index in [1.165, 1.54) is 36.4 Å². The molecule has 3 rings (SSSR count). The molecule has 0 aliphatic rings. The fourth-order valence-electron chi connectivity index (χ4n) is 3.01. The number of halogens is 3. The summed E-state index contributed by atoms with van der Waals surface area (Å²) in [4.78, 5) is 23.8. The van der Waals surface area contributed by atoms with E-state index < -0.39 is 28.4 Å². The zero-order valence-electron chi connectivity index (χ0n) is 17.9. The van der Waals surface area contributed by atoms with Crippen LogP contribution in [0, 0.1) is 0 Å². The number of carbonyl (C=O) groups excluding carboxylic acids is 1. The van der Waals surface area contributed by atoms with E-state index in [1.807, 2.05) is 0 Å². The molecular formula is C23H18Cl3N3O5S. The van der Waals surface area contributed by atoms with Gasteiger partial charge in [0, 0.05) is 32.7 Å². The van der Waals surface area contributed by atoms with Crippen LogP contribution in [0.1, 0.15) is 21.5 Å². The second kappa shape index (κ2) is 11.7. The zero-order chi connectivity index (χ0) is 25.6. The summed E-state index contributed by atoms with van der Waals surface area (Å²) in [5.41, 5.74) is 2.79. The molecule has 8 nitrogen and oxygen atoms in total. The highest BCUT2D eigenvalue weighted by Crippen LogP contribution is 2.28. The maximum absolute atomic E-state index is 13.3. The maximum Gasteiger partial charge on any atom is 0.336 e. The van der Waals surface area contributed by atoms with E-state index in [-0.39, 0.29) is 32.6 Å². The van der Waals surface area contributed by atoms with Crippen LogP contribution >= 0.6 is 34.8 Å². The first-order valence-corrected chi connectivity index (χ1v) is 12.5. The van der Waals surface area contributed by atoms with Crippen molar-refractivity contribution in [3.05, 3.63) is 98.5 Å². The summed E-state index contributed by atoms with van der Waals surface area (Å²) in [5.74, 6) is -1.93. The van der Waals surface area contributed by atoms with Crippen molar-refractivity contribution in [3.8, 4) is 0 Å². The van der Waals surface area contributed by atoms with E-state index in [0.717, 1.165) is 10.5 Å². The van der Waals surface area contributed by atoms with Gasteiger partial charge in [0.1, 0.15) is 0 Å². The lowest BCUT2D eigenvalue weighted by Gasteiger charge is -2.22. The summed E-state index contributed by atoms with van der Waals surface area (Å²) in [6.07, 6.45) is 1.16. The predicted molar refractivity (Wildman–Crippen MR) is 135 cm³/mol. The Bertz CT molecular complexity index is 1360. The molecule has 2 N–H and O–H groups in total. The van der Waals surface area contributed by atoms with Gasteiger partial charge in [-0.3, -0.25) is 4.79 Å². The Labute approximate surface area is 216 Å². The Balaban J connectivity index is 1.86. The molecule has 0 aromatic heterocycles. The minimum atomic E-state index is -4.17. The van der Waals surface area contributed by atoms with E-state index >= 15 is 0 Å². The number of rotatable bonds is 9. The summed E-state index contributed by atoms with van der Waals surface area (Å²) >= 11 is 18.3. The number of nitrogens with one attached hydrogen (secondary N) is 1. The third-order valence-electron chi connectivity index (χ3n) is 4.75. The highest BCUT2D eigenvalue weighted by molar-refractivity contribution is 7.89. The molecule has 0 fully saturated rings. The lowest BCUT2D eigenvalue weighted by Crippen LogP contribution is -2.39. The molecule has 0 atom stereocenters. The van der Waals surface area contributed by atoms with Crippen molar-refractivity contribution in [2.45, 2.75) is 11.4 Å². The lowest BCUT2D eigenvalue weighted by atomic mass is 10.1. The van der Waals surface area contributed by atoms with E-state index in [9.17, 15) is 23.1 Å². The van der Waals surface area contributed by atoms with Crippen LogP contribution < -0.4 is 5.43 Å². The van der Waals surface area contributed by atoms with Crippen molar-refractivity contribution >= 4 is 62.9 Å². The smallest absolute Gasteiger partial charge is 0.336 e. The van der Waals surface area contributed by atoms with Crippen molar-refractivity contribution in [1.82, 2.24) is 9.73 Å². The Morgan fingerprint density at radius 2 is 1.57 bits per heavy atom. The molecule has 0 aliphatic carbocycles. The fourth-order valence-corrected chi connectivity index (χ4v) is 5.02. The van der Waals surface area contributed by atoms with Crippen molar-refractivity contribution in [2.75, 3.05) is 6.54 Å². The Kier molecular flexibility index (Phi) is 8.87. The van der Waals surface area contributed by atoms with E-state index in [1.54, 1.807) is 30.3 Å². The number of nitrogens with zero attached hydrogens (tertiary/aromatic N) is 2. The number of benzene rings is 3. The number of aromatic carboxylic acids is 1. The van der Waals surface area contributed by atoms with Crippen LogP contribution in [-0.2, 0) is 21.4 Å². The van der Waals surface area contributed by atoms with Gasteiger partial charge in [-0.15, -0.1) is 0 Å². The van der Waals surface area contributed by atoms with Crippen LogP contribution in [0.15, 0.2) is 76.7 Å². The molecule has 0 heterocycles. The minimum absolute atomic E-state index is 0.00852. The Hall–Kier alpha value is -2.95. The van der Waals surface area contributed by atoms with Gasteiger partial charge in [-0.1, -0.05) is 59.1 Å². The number of sulfonamides is 1. The molecule has 3 aromatic carbocycles. The molecule has 0 saturated carbocycles. The van der Waals surface area contributed by atoms with Crippen LogP contribution in [0.5, 0.6) is 0 Å². The van der Waals surface area contributed by atoms with Gasteiger partial charge in [-0.05, 0) is 42.5 Å². The number of hydrogen-bond donors (Lipinski definition) is 2. The van der Waals surface area contributed by atoms with E-state index in [2.05, 4.69) is 10.5 Å². The molecule has 12 heteroatoms. The van der Waals surface area contributed by atoms with Gasteiger partial charge in [-0.25, -0.2) is 18.6 Å². The van der Waals surface area contributed by atoms with E-state index in [4.69, 9.17) is 34.8 Å². The third kappa shape index (κ3) is 6.81. The average Bonchev–Trinajstić information content (AvgIpc) is 2.81. The Morgan fingerprint density at radius 1 is 0.943 bits per heavy atom. The van der Waals surface area contributed by atoms with Gasteiger partial charge in [-0.2, -0.15) is 9.41 Å². The van der Waals surface area contributed by atoms with Crippen molar-refractivity contribution in [2.24, 2.45) is 5.10 Å². The van der Waals surface area contributed by atoms with Crippen molar-refractivity contribution in [1.29, 1.82) is 0 Å². The van der Waals surface area contributed by atoms with Gasteiger partial charge in [0.2, 0.25) is 10.0 Å². The number of hydrogen-bond acceptors (Lipinski definition) is 5. The molecular weight excluding hydrogens is 537 g/mol. The number of carboxylic acid groups (broad SMARTS) is 1. The molecule has 1 amide bonds. The number of carbonyl (C=O) groups is 2. The van der Waals surface area contributed by atoms with E-state index in [0.29, 0.717) is 10.6 Å². The highest BCUT2D eigenvalue weighted by atomic mass is 35.5. The largest absolute Gasteiger partial charge is 0.478 e. The highest BCUT2D eigenvalue weighted by Gasteiger charge is 2.28. The first-order chi connectivity index (χ1) is 16.6. The number of hydrazone groups is 1. The summed E-state index contributed by atoms with van der Waals surface area (Å²) in [5, 5.41) is 13.8. The van der Waals surface area contributed by atoms with Crippen LogP contribution in [0.2, 0.25) is 15.1 Å². The molecule has 35 heavy (non-hydrogen) atoms. The van der Waals surface area contributed by atoms with Gasteiger partial charge < -0.3 is 5.11 Å². The summed E-state index contributed by atoms with van der Waals surface area (Å²) in [6, 6.07) is 16.3. The minimum Gasteiger partial charge on any atom is -0.478 e. The molecule has 0 aliphatic heterocycles. The molecule has 0 unspecified atom stereocenters. The summed E-state index contributed by atoms with van der Waals surface area (Å²) in [7, 11) is -4.17. The number of carboxylic acids is 1. The fraction of sp³-hybridized carbons (Fsp3) is 0.0870. The molecule has 0 radical (unpaired) electrons. The summed E-state index contributed by atoms with van der Waals surface area (Å²) in [6.45, 7) is -0.910. The van der Waals surface area contributed by atoms with Gasteiger partial charge in [0.05, 0.1) is 23.2 Å². The molecule has 182 valence electrons. The van der Waals surface area contributed by atoms with Crippen LogP contribution in [0.4, 0.5) is 0 Å². The zero-order valence-corrected chi connectivity index (χ0v) is 20.9. The first-order valence-electron chi connectivity index (χ1n) is 9.92. The SMILES string of the molecule is O=C(CN(Cc1c(Cl)cccc1Cl)S(=O)(=O)c1ccc(Cl)cc1)NN=Cc1ccccc1C(=O)O. The quantitative estimate of drug-likeness (QED) is 0.294. The average molecular weight is 555 g/mol. The molecule has 3 aromatic rings. The molecule has 0 spiro atoms. The maximum atomic E-state index is 13.3. The standard InChI is InChI=1S/C23H18Cl3N3O5S/c24-16-8-10-17(11-9-16)35(33,34)29(13-19-20(25)6-3-7-21(19)26)14-22(30)28-27-12-15-4-1-2-5-18(15)23(31)32/h1-12H,13-14H2,(H,28,30)(H,31,32). The van der Waals surface area contributed by atoms with Gasteiger partial charge in [0.25, 0.3) is 5.91 Å². The second-order valence-electron chi connectivity index (χ2n) is 7.11. The second-order valence-corrected chi connectivity index (χ2v) is 10.3. The first kappa shape index (κ1) is 26.7. The normalized spacial score (nSPS) is 11.7.